The van der Waals surface area contributed by atoms with Gasteiger partial charge in [0.2, 0.25) is 0 Å². The van der Waals surface area contributed by atoms with Crippen molar-refractivity contribution in [2.45, 2.75) is 47.1 Å². The zero-order valence-corrected chi connectivity index (χ0v) is 15.3. The van der Waals surface area contributed by atoms with Crippen LogP contribution in [0.2, 0.25) is 0 Å². The molecule has 0 unspecified atom stereocenters. The highest BCUT2D eigenvalue weighted by atomic mass is 19.1. The Morgan fingerprint density at radius 3 is 2.60 bits per heavy atom. The summed E-state index contributed by atoms with van der Waals surface area (Å²) in [6.07, 6.45) is 4.15. The summed E-state index contributed by atoms with van der Waals surface area (Å²) in [6.45, 7) is 11.5. The van der Waals surface area contributed by atoms with E-state index in [9.17, 15) is 14.3 Å². The van der Waals surface area contributed by atoms with Gasteiger partial charge in [-0.2, -0.15) is 0 Å². The predicted molar refractivity (Wildman–Crippen MR) is 99.9 cm³/mol. The summed E-state index contributed by atoms with van der Waals surface area (Å²) in [7, 11) is 0. The molecule has 0 atom stereocenters. The summed E-state index contributed by atoms with van der Waals surface area (Å²) in [5.41, 5.74) is 1.67. The average molecular weight is 347 g/mol. The summed E-state index contributed by atoms with van der Waals surface area (Å²) in [5.74, 6) is -0.519. The number of nitrogens with zero attached hydrogens (tertiary/aromatic N) is 2. The number of phenols is 1. The second-order valence-electron chi connectivity index (χ2n) is 5.78. The van der Waals surface area contributed by atoms with Crippen LogP contribution < -0.4 is 5.69 Å². The minimum Gasteiger partial charge on any atom is -0.508 e. The van der Waals surface area contributed by atoms with Crippen LogP contribution in [0.4, 0.5) is 4.39 Å². The summed E-state index contributed by atoms with van der Waals surface area (Å²) in [5, 5.41) is 9.41. The van der Waals surface area contributed by atoms with E-state index in [2.05, 4.69) is 30.4 Å². The van der Waals surface area contributed by atoms with Gasteiger partial charge < -0.3 is 10.1 Å². The topological polar surface area (TPSA) is 70.4 Å². The maximum atomic E-state index is 13.7. The number of benzene rings is 1. The molecule has 1 heterocycles. The first-order valence-electron chi connectivity index (χ1n) is 8.26. The number of nitrogens with one attached hydrogen (secondary N) is 1. The maximum Gasteiger partial charge on any atom is 0.326 e. The van der Waals surface area contributed by atoms with E-state index in [0.717, 1.165) is 0 Å². The lowest BCUT2D eigenvalue weighted by Crippen LogP contribution is -2.19. The Bertz CT molecular complexity index is 801. The van der Waals surface area contributed by atoms with Gasteiger partial charge in [0, 0.05) is 17.0 Å². The Morgan fingerprint density at radius 1 is 1.40 bits per heavy atom. The SMILES string of the molecule is C=C(C)N=Cc1[nH]c(=O)n(Cc2cc(O)ccc2F)c1C.CCCC. The Balaban J connectivity index is 0.000000705. The van der Waals surface area contributed by atoms with Gasteiger partial charge in [0.25, 0.3) is 0 Å². The number of aromatic hydroxyl groups is 1. The van der Waals surface area contributed by atoms with E-state index in [4.69, 9.17) is 0 Å². The van der Waals surface area contributed by atoms with Crippen molar-refractivity contribution in [3.63, 3.8) is 0 Å². The molecule has 0 saturated heterocycles. The van der Waals surface area contributed by atoms with E-state index in [1.54, 1.807) is 13.8 Å². The number of H-pyrrole nitrogens is 1. The van der Waals surface area contributed by atoms with Gasteiger partial charge in [0.1, 0.15) is 11.6 Å². The van der Waals surface area contributed by atoms with Crippen LogP contribution >= 0.6 is 0 Å². The Hall–Kier alpha value is -2.63. The van der Waals surface area contributed by atoms with Gasteiger partial charge in [0.15, 0.2) is 0 Å². The van der Waals surface area contributed by atoms with E-state index in [-0.39, 0.29) is 23.5 Å². The molecule has 0 saturated carbocycles. The van der Waals surface area contributed by atoms with Crippen molar-refractivity contribution < 1.29 is 9.50 Å². The number of hydrogen-bond donors (Lipinski definition) is 2. The van der Waals surface area contributed by atoms with Crippen LogP contribution in [0.3, 0.4) is 0 Å². The molecule has 0 spiro atoms. The number of allylic oxidation sites excluding steroid dienone is 1. The molecular formula is C19H26FN3O2. The van der Waals surface area contributed by atoms with E-state index < -0.39 is 5.82 Å². The summed E-state index contributed by atoms with van der Waals surface area (Å²) in [6, 6.07) is 3.73. The highest BCUT2D eigenvalue weighted by Gasteiger charge is 2.11. The van der Waals surface area contributed by atoms with Crippen molar-refractivity contribution in [2.75, 3.05) is 0 Å². The molecule has 2 rings (SSSR count). The van der Waals surface area contributed by atoms with Crippen molar-refractivity contribution >= 4 is 6.21 Å². The molecule has 2 aromatic rings. The Kier molecular flexibility index (Phi) is 7.85. The largest absolute Gasteiger partial charge is 0.508 e. The van der Waals surface area contributed by atoms with Gasteiger partial charge in [-0.1, -0.05) is 33.3 Å². The van der Waals surface area contributed by atoms with E-state index in [1.807, 2.05) is 0 Å². The summed E-state index contributed by atoms with van der Waals surface area (Å²) < 4.78 is 15.1. The van der Waals surface area contributed by atoms with Gasteiger partial charge >= 0.3 is 5.69 Å². The number of aromatic nitrogens is 2. The molecule has 6 heteroatoms. The van der Waals surface area contributed by atoms with E-state index >= 15 is 0 Å². The quantitative estimate of drug-likeness (QED) is 0.798. The zero-order valence-electron chi connectivity index (χ0n) is 15.3. The lowest BCUT2D eigenvalue weighted by atomic mass is 10.2. The minimum atomic E-state index is -0.475. The van der Waals surface area contributed by atoms with Crippen molar-refractivity contribution in [2.24, 2.45) is 4.99 Å². The molecule has 0 aliphatic heterocycles. The number of aromatic amines is 1. The highest BCUT2D eigenvalue weighted by molar-refractivity contribution is 5.79. The van der Waals surface area contributed by atoms with Gasteiger partial charge in [-0.3, -0.25) is 9.56 Å². The molecule has 0 amide bonds. The molecule has 0 radical (unpaired) electrons. The molecule has 5 nitrogen and oxygen atoms in total. The van der Waals surface area contributed by atoms with Crippen molar-refractivity contribution in [1.29, 1.82) is 0 Å². The maximum absolute atomic E-state index is 13.7. The molecule has 1 aromatic carbocycles. The fourth-order valence-electron chi connectivity index (χ4n) is 1.91. The number of rotatable bonds is 5. The second kappa shape index (κ2) is 9.61. The number of imidazole rings is 1. The molecule has 136 valence electrons. The van der Waals surface area contributed by atoms with Crippen LogP contribution in [0.25, 0.3) is 0 Å². The van der Waals surface area contributed by atoms with Crippen LogP contribution in [-0.4, -0.2) is 20.9 Å². The van der Waals surface area contributed by atoms with Crippen LogP contribution in [0.15, 0.2) is 40.3 Å². The van der Waals surface area contributed by atoms with Crippen molar-refractivity contribution in [1.82, 2.24) is 9.55 Å². The molecule has 0 bridgehead atoms. The minimum absolute atomic E-state index is 0.0301. The van der Waals surface area contributed by atoms with Crippen molar-refractivity contribution in [3.05, 3.63) is 63.7 Å². The smallest absolute Gasteiger partial charge is 0.326 e. The normalized spacial score (nSPS) is 10.6. The number of phenolic OH excluding ortho intramolecular Hbond substituents is 1. The van der Waals surface area contributed by atoms with Crippen LogP contribution in [-0.2, 0) is 6.54 Å². The number of hydrogen-bond acceptors (Lipinski definition) is 3. The first kappa shape index (κ1) is 20.4. The Labute approximate surface area is 147 Å². The average Bonchev–Trinajstić information content (AvgIpc) is 2.84. The predicted octanol–water partition coefficient (Wildman–Crippen LogP) is 4.14. The third-order valence-corrected chi connectivity index (χ3v) is 3.55. The number of unbranched alkanes of at least 4 members (excludes halogenated alkanes) is 1. The molecule has 0 fully saturated rings. The van der Waals surface area contributed by atoms with Gasteiger partial charge in [0.05, 0.1) is 18.5 Å². The summed E-state index contributed by atoms with van der Waals surface area (Å²) >= 11 is 0. The first-order chi connectivity index (χ1) is 11.8. The van der Waals surface area contributed by atoms with Crippen LogP contribution in [0.1, 0.15) is 50.6 Å². The molecule has 1 aromatic heterocycles. The standard InChI is InChI=1S/C15H16FN3O2.C4H10/c1-9(2)17-7-14-10(3)19(15(21)18-14)8-11-6-12(20)4-5-13(11)16;1-3-4-2/h4-7,20H,1,8H2,2-3H3,(H,18,21);3-4H2,1-2H3. The van der Waals surface area contributed by atoms with E-state index in [0.29, 0.717) is 17.1 Å². The fourth-order valence-corrected chi connectivity index (χ4v) is 1.91. The van der Waals surface area contributed by atoms with Crippen LogP contribution in [0.5, 0.6) is 5.75 Å². The van der Waals surface area contributed by atoms with E-state index in [1.165, 1.54) is 41.8 Å². The molecule has 2 N–H and O–H groups in total. The lowest BCUT2D eigenvalue weighted by molar-refractivity contribution is 0.470. The van der Waals surface area contributed by atoms with Gasteiger partial charge in [-0.15, -0.1) is 0 Å². The zero-order chi connectivity index (χ0) is 19.0. The highest BCUT2D eigenvalue weighted by Crippen LogP contribution is 2.16. The fraction of sp³-hybridized carbons (Fsp3) is 0.368. The van der Waals surface area contributed by atoms with Gasteiger partial charge in [-0.25, -0.2) is 9.18 Å². The Morgan fingerprint density at radius 2 is 2.04 bits per heavy atom. The molecule has 0 aliphatic rings. The van der Waals surface area contributed by atoms with Crippen LogP contribution in [0, 0.1) is 12.7 Å². The number of halogens is 1. The second-order valence-corrected chi connectivity index (χ2v) is 5.78. The lowest BCUT2D eigenvalue weighted by Gasteiger charge is -2.06. The third-order valence-electron chi connectivity index (χ3n) is 3.55. The molecule has 25 heavy (non-hydrogen) atoms. The van der Waals surface area contributed by atoms with Crippen molar-refractivity contribution in [3.8, 4) is 5.75 Å². The molecule has 0 aliphatic carbocycles. The monoisotopic (exact) mass is 347 g/mol. The molecular weight excluding hydrogens is 321 g/mol. The number of aliphatic imine (C=N–C) groups is 1. The first-order valence-corrected chi connectivity index (χ1v) is 8.26. The van der Waals surface area contributed by atoms with Gasteiger partial charge in [-0.05, 0) is 32.0 Å². The summed E-state index contributed by atoms with van der Waals surface area (Å²) in [4.78, 5) is 18.6. The third kappa shape index (κ3) is 6.06.